The first kappa shape index (κ1) is 21.5. The predicted molar refractivity (Wildman–Crippen MR) is 131 cm³/mol. The lowest BCUT2D eigenvalue weighted by Crippen LogP contribution is -2.43. The topological polar surface area (TPSA) is 46.9 Å². The molecule has 2 saturated carbocycles. The van der Waals surface area contributed by atoms with Crippen LogP contribution in [-0.2, 0) is 4.79 Å². The molecule has 32 heavy (non-hydrogen) atoms. The van der Waals surface area contributed by atoms with Gasteiger partial charge in [-0.2, -0.15) is 0 Å². The maximum atomic E-state index is 13.9. The third-order valence-corrected chi connectivity index (χ3v) is 7.54. The average molecular weight is 450 g/mol. The van der Waals surface area contributed by atoms with Crippen molar-refractivity contribution in [3.63, 3.8) is 0 Å². The molecule has 168 valence electrons. The van der Waals surface area contributed by atoms with Crippen molar-refractivity contribution in [2.24, 2.45) is 5.92 Å². The first-order chi connectivity index (χ1) is 15.7. The molecule has 2 aliphatic rings. The molecule has 1 amide bonds. The van der Waals surface area contributed by atoms with E-state index in [-0.39, 0.29) is 11.9 Å². The monoisotopic (exact) mass is 449 g/mol. The SMILES string of the molecule is O=C(NC1CCCCC1)C(C1CCCCC1)n1c(-c2ccc(Cl)cc2)nc2ccccc21. The fraction of sp³-hybridized carbons (Fsp3) is 0.481. The third kappa shape index (κ3) is 4.43. The zero-order valence-electron chi connectivity index (χ0n) is 18.6. The second-order valence-electron chi connectivity index (χ2n) is 9.49. The van der Waals surface area contributed by atoms with Gasteiger partial charge < -0.3 is 9.88 Å². The molecule has 0 radical (unpaired) electrons. The minimum atomic E-state index is -0.240. The number of carbonyl (C=O) groups is 1. The lowest BCUT2D eigenvalue weighted by Gasteiger charge is -2.33. The van der Waals surface area contributed by atoms with Crippen LogP contribution in [0.5, 0.6) is 0 Å². The molecular weight excluding hydrogens is 418 g/mol. The van der Waals surface area contributed by atoms with Crippen LogP contribution in [0.4, 0.5) is 0 Å². The number of hydrogen-bond acceptors (Lipinski definition) is 2. The molecule has 1 unspecified atom stereocenters. The maximum absolute atomic E-state index is 13.9. The molecule has 2 fully saturated rings. The Hall–Kier alpha value is -2.33. The fourth-order valence-corrected chi connectivity index (χ4v) is 5.78. The molecule has 5 rings (SSSR count). The van der Waals surface area contributed by atoms with Crippen LogP contribution < -0.4 is 5.32 Å². The van der Waals surface area contributed by atoms with Crippen molar-refractivity contribution in [2.45, 2.75) is 76.3 Å². The standard InChI is InChI=1S/C27H32ClN3O/c28-21-17-15-20(16-18-21)26-30-23-13-7-8-14-24(23)31(26)25(19-9-3-1-4-10-19)27(32)29-22-11-5-2-6-12-22/h7-8,13-19,22,25H,1-6,9-12H2,(H,29,32). The molecule has 2 aliphatic carbocycles. The van der Waals surface area contributed by atoms with E-state index in [1.807, 2.05) is 42.5 Å². The van der Waals surface area contributed by atoms with Crippen LogP contribution in [0.1, 0.15) is 70.3 Å². The summed E-state index contributed by atoms with van der Waals surface area (Å²) in [6.45, 7) is 0. The number of imidazole rings is 1. The highest BCUT2D eigenvalue weighted by atomic mass is 35.5. The summed E-state index contributed by atoms with van der Waals surface area (Å²) in [5, 5.41) is 4.15. The second kappa shape index (κ2) is 9.66. The van der Waals surface area contributed by atoms with E-state index < -0.39 is 0 Å². The summed E-state index contributed by atoms with van der Waals surface area (Å²) in [6, 6.07) is 16.1. The summed E-state index contributed by atoms with van der Waals surface area (Å²) in [5.74, 6) is 1.36. The van der Waals surface area contributed by atoms with Gasteiger partial charge in [0.25, 0.3) is 0 Å². The molecule has 3 aromatic rings. The number of amides is 1. The van der Waals surface area contributed by atoms with Gasteiger partial charge in [0.05, 0.1) is 11.0 Å². The van der Waals surface area contributed by atoms with Crippen molar-refractivity contribution >= 4 is 28.5 Å². The lowest BCUT2D eigenvalue weighted by atomic mass is 9.82. The van der Waals surface area contributed by atoms with E-state index in [0.717, 1.165) is 48.1 Å². The van der Waals surface area contributed by atoms with E-state index in [1.54, 1.807) is 0 Å². The number of benzene rings is 2. The van der Waals surface area contributed by atoms with E-state index in [4.69, 9.17) is 16.6 Å². The molecule has 4 nitrogen and oxygen atoms in total. The molecule has 1 N–H and O–H groups in total. The van der Waals surface area contributed by atoms with Gasteiger partial charge in [-0.05, 0) is 68.0 Å². The van der Waals surface area contributed by atoms with Crippen LogP contribution in [0, 0.1) is 5.92 Å². The smallest absolute Gasteiger partial charge is 0.243 e. The summed E-state index contributed by atoms with van der Waals surface area (Å²) in [5.41, 5.74) is 2.97. The molecule has 0 bridgehead atoms. The molecule has 0 aliphatic heterocycles. The van der Waals surface area contributed by atoms with Gasteiger partial charge in [-0.1, -0.05) is 62.3 Å². The van der Waals surface area contributed by atoms with Gasteiger partial charge in [-0.15, -0.1) is 0 Å². The molecule has 5 heteroatoms. The van der Waals surface area contributed by atoms with Crippen LogP contribution in [0.15, 0.2) is 48.5 Å². The first-order valence-corrected chi connectivity index (χ1v) is 12.6. The van der Waals surface area contributed by atoms with Gasteiger partial charge in [0, 0.05) is 16.6 Å². The van der Waals surface area contributed by atoms with Crippen molar-refractivity contribution in [1.29, 1.82) is 0 Å². The van der Waals surface area contributed by atoms with Crippen molar-refractivity contribution in [1.82, 2.24) is 14.9 Å². The molecule has 2 aromatic carbocycles. The number of halogens is 1. The Kier molecular flexibility index (Phi) is 6.49. The average Bonchev–Trinajstić information content (AvgIpc) is 3.20. The van der Waals surface area contributed by atoms with E-state index in [2.05, 4.69) is 16.0 Å². The number of fused-ring (bicyclic) bond motifs is 1. The van der Waals surface area contributed by atoms with Gasteiger partial charge in [0.1, 0.15) is 11.9 Å². The van der Waals surface area contributed by atoms with Crippen molar-refractivity contribution in [3.05, 3.63) is 53.6 Å². The molecule has 1 heterocycles. The number of nitrogens with zero attached hydrogens (tertiary/aromatic N) is 2. The van der Waals surface area contributed by atoms with Gasteiger partial charge >= 0.3 is 0 Å². The Morgan fingerprint density at radius 3 is 2.28 bits per heavy atom. The third-order valence-electron chi connectivity index (χ3n) is 7.29. The number of rotatable bonds is 5. The Labute approximate surface area is 195 Å². The summed E-state index contributed by atoms with van der Waals surface area (Å²) in [7, 11) is 0. The van der Waals surface area contributed by atoms with E-state index in [1.165, 1.54) is 38.5 Å². The highest BCUT2D eigenvalue weighted by molar-refractivity contribution is 6.30. The maximum Gasteiger partial charge on any atom is 0.243 e. The largest absolute Gasteiger partial charge is 0.352 e. The van der Waals surface area contributed by atoms with E-state index in [9.17, 15) is 4.79 Å². The number of hydrogen-bond donors (Lipinski definition) is 1. The van der Waals surface area contributed by atoms with Crippen LogP contribution >= 0.6 is 11.6 Å². The molecule has 0 spiro atoms. The number of carbonyl (C=O) groups excluding carboxylic acids is 1. The zero-order valence-corrected chi connectivity index (χ0v) is 19.4. The van der Waals surface area contributed by atoms with Gasteiger partial charge in [0.2, 0.25) is 5.91 Å². The molecular formula is C27H32ClN3O. The molecule has 1 aromatic heterocycles. The highest BCUT2D eigenvalue weighted by Gasteiger charge is 2.35. The van der Waals surface area contributed by atoms with Crippen molar-refractivity contribution in [2.75, 3.05) is 0 Å². The van der Waals surface area contributed by atoms with E-state index in [0.29, 0.717) is 17.0 Å². The van der Waals surface area contributed by atoms with Gasteiger partial charge in [-0.3, -0.25) is 4.79 Å². The lowest BCUT2D eigenvalue weighted by molar-refractivity contribution is -0.127. The highest BCUT2D eigenvalue weighted by Crippen LogP contribution is 2.38. The quantitative estimate of drug-likeness (QED) is 0.459. The Morgan fingerprint density at radius 2 is 1.56 bits per heavy atom. The number of aromatic nitrogens is 2. The summed E-state index contributed by atoms with van der Waals surface area (Å²) < 4.78 is 2.23. The fourth-order valence-electron chi connectivity index (χ4n) is 5.65. The van der Waals surface area contributed by atoms with Crippen LogP contribution in [-0.4, -0.2) is 21.5 Å². The van der Waals surface area contributed by atoms with Crippen molar-refractivity contribution < 1.29 is 4.79 Å². The number of para-hydroxylation sites is 2. The Balaban J connectivity index is 1.60. The van der Waals surface area contributed by atoms with Crippen LogP contribution in [0.3, 0.4) is 0 Å². The minimum Gasteiger partial charge on any atom is -0.352 e. The molecule has 0 saturated heterocycles. The summed E-state index contributed by atoms with van der Waals surface area (Å²) >= 11 is 6.17. The van der Waals surface area contributed by atoms with Crippen molar-refractivity contribution in [3.8, 4) is 11.4 Å². The normalized spacial score (nSPS) is 19.2. The Bertz CT molecular complexity index is 1060. The Morgan fingerprint density at radius 1 is 0.906 bits per heavy atom. The second-order valence-corrected chi connectivity index (χ2v) is 9.92. The minimum absolute atomic E-state index is 0.169. The van der Waals surface area contributed by atoms with Gasteiger partial charge in [-0.25, -0.2) is 4.98 Å². The van der Waals surface area contributed by atoms with E-state index >= 15 is 0 Å². The predicted octanol–water partition coefficient (Wildman–Crippen LogP) is 6.93. The van der Waals surface area contributed by atoms with Gasteiger partial charge in [0.15, 0.2) is 0 Å². The number of nitrogens with one attached hydrogen (secondary N) is 1. The summed E-state index contributed by atoms with van der Waals surface area (Å²) in [4.78, 5) is 18.9. The van der Waals surface area contributed by atoms with Crippen LogP contribution in [0.25, 0.3) is 22.4 Å². The summed E-state index contributed by atoms with van der Waals surface area (Å²) in [6.07, 6.45) is 11.7. The zero-order chi connectivity index (χ0) is 21.9. The van der Waals surface area contributed by atoms with Crippen LogP contribution in [0.2, 0.25) is 5.02 Å². The first-order valence-electron chi connectivity index (χ1n) is 12.2. The molecule has 1 atom stereocenters.